The van der Waals surface area contributed by atoms with Crippen molar-refractivity contribution in [2.45, 2.75) is 25.8 Å². The van der Waals surface area contributed by atoms with Crippen LogP contribution in [0.2, 0.25) is 10.0 Å². The van der Waals surface area contributed by atoms with Gasteiger partial charge < -0.3 is 10.5 Å². The van der Waals surface area contributed by atoms with Crippen molar-refractivity contribution in [3.63, 3.8) is 0 Å². The molecule has 2 N–H and O–H groups in total. The van der Waals surface area contributed by atoms with Crippen molar-refractivity contribution in [2.24, 2.45) is 5.10 Å². The molecule has 1 aliphatic heterocycles. The highest BCUT2D eigenvalue weighted by molar-refractivity contribution is 6.40. The second kappa shape index (κ2) is 7.56. The van der Waals surface area contributed by atoms with Crippen molar-refractivity contribution in [2.75, 3.05) is 17.3 Å². The number of nitrogens with zero attached hydrogens (tertiary/aromatic N) is 2. The maximum absolute atomic E-state index is 12.5. The first-order valence-corrected chi connectivity index (χ1v) is 9.03. The van der Waals surface area contributed by atoms with Crippen molar-refractivity contribution >= 4 is 46.3 Å². The molecule has 0 amide bonds. The number of nitrogen functional groups attached to an aromatic ring is 1. The van der Waals surface area contributed by atoms with Crippen LogP contribution in [0.25, 0.3) is 0 Å². The summed E-state index contributed by atoms with van der Waals surface area (Å²) in [4.78, 5) is 12.5. The Balaban J connectivity index is 2.05. The van der Waals surface area contributed by atoms with Crippen LogP contribution in [-0.4, -0.2) is 24.3 Å². The molecule has 5 nitrogen and oxygen atoms in total. The van der Waals surface area contributed by atoms with Gasteiger partial charge in [-0.1, -0.05) is 35.3 Å². The Labute approximate surface area is 162 Å². The molecule has 0 fully saturated rings. The van der Waals surface area contributed by atoms with Gasteiger partial charge in [0.05, 0.1) is 29.3 Å². The highest BCUT2D eigenvalue weighted by Gasteiger charge is 2.40. The topological polar surface area (TPSA) is 67.9 Å². The van der Waals surface area contributed by atoms with Crippen LogP contribution < -0.4 is 10.7 Å². The molecule has 2 aromatic rings. The number of halogens is 2. The predicted octanol–water partition coefficient (Wildman–Crippen LogP) is 4.49. The minimum absolute atomic E-state index is 0.142. The Bertz CT molecular complexity index is 852. The molecular weight excluding hydrogens is 373 g/mol. The molecule has 1 heterocycles. The number of benzene rings is 2. The van der Waals surface area contributed by atoms with Gasteiger partial charge >= 0.3 is 5.97 Å². The summed E-state index contributed by atoms with van der Waals surface area (Å²) in [6.45, 7) is 4.03. The number of esters is 1. The number of hydrogen-bond donors (Lipinski definition) is 1. The van der Waals surface area contributed by atoms with E-state index in [9.17, 15) is 4.79 Å². The summed E-state index contributed by atoms with van der Waals surface area (Å²) < 4.78 is 5.21. The lowest BCUT2D eigenvalue weighted by molar-refractivity contribution is -0.135. The van der Waals surface area contributed by atoms with Crippen molar-refractivity contribution in [3.05, 3.63) is 58.1 Å². The van der Waals surface area contributed by atoms with E-state index in [1.165, 1.54) is 0 Å². The molecule has 0 spiro atoms. The van der Waals surface area contributed by atoms with E-state index >= 15 is 0 Å². The van der Waals surface area contributed by atoms with E-state index in [1.807, 2.05) is 31.2 Å². The zero-order chi connectivity index (χ0) is 18.8. The molecule has 0 radical (unpaired) electrons. The minimum atomic E-state index is -0.436. The average molecular weight is 392 g/mol. The van der Waals surface area contributed by atoms with E-state index in [0.29, 0.717) is 27.1 Å². The maximum atomic E-state index is 12.5. The van der Waals surface area contributed by atoms with Gasteiger partial charge in [-0.05, 0) is 49.7 Å². The predicted molar refractivity (Wildman–Crippen MR) is 106 cm³/mol. The molecule has 3 rings (SSSR count). The van der Waals surface area contributed by atoms with Crippen molar-refractivity contribution < 1.29 is 9.53 Å². The third-order valence-corrected chi connectivity index (χ3v) is 4.85. The lowest BCUT2D eigenvalue weighted by Gasteiger charge is -2.25. The summed E-state index contributed by atoms with van der Waals surface area (Å²) in [7, 11) is 0. The first kappa shape index (κ1) is 18.5. The molecule has 1 aliphatic rings. The van der Waals surface area contributed by atoms with Crippen LogP contribution in [0, 0.1) is 0 Å². The molecule has 2 aromatic carbocycles. The molecule has 2 atom stereocenters. The monoisotopic (exact) mass is 391 g/mol. The Hall–Kier alpha value is -2.24. The van der Waals surface area contributed by atoms with E-state index in [-0.39, 0.29) is 18.6 Å². The van der Waals surface area contributed by atoms with Gasteiger partial charge in [-0.3, -0.25) is 5.01 Å². The number of anilines is 2. The van der Waals surface area contributed by atoms with Crippen molar-refractivity contribution in [1.29, 1.82) is 0 Å². The number of hydrogen-bond acceptors (Lipinski definition) is 5. The largest absolute Gasteiger partial charge is 0.461 e. The lowest BCUT2D eigenvalue weighted by Crippen LogP contribution is -2.31. The molecule has 0 saturated heterocycles. The van der Waals surface area contributed by atoms with Crippen LogP contribution in [0.15, 0.2) is 47.6 Å². The molecule has 2 unspecified atom stereocenters. The van der Waals surface area contributed by atoms with Gasteiger partial charge in [0.25, 0.3) is 0 Å². The number of ether oxygens (including phenoxy) is 1. The standard InChI is InChI=1S/C19H19Cl2N3O2/c1-3-26-19(25)18-17(12-4-7-14(22)8-5-12)11(2)24(23-18)16-9-6-13(20)10-15(16)21/h4-11,17H,3,22H2,1-2H3. The fourth-order valence-electron chi connectivity index (χ4n) is 3.09. The molecule has 7 heteroatoms. The summed E-state index contributed by atoms with van der Waals surface area (Å²) in [5.74, 6) is -0.699. The minimum Gasteiger partial charge on any atom is -0.461 e. The summed E-state index contributed by atoms with van der Waals surface area (Å²) in [6, 6.07) is 12.5. The molecule has 26 heavy (non-hydrogen) atoms. The highest BCUT2D eigenvalue weighted by Crippen LogP contribution is 2.39. The first-order chi connectivity index (χ1) is 12.4. The summed E-state index contributed by atoms with van der Waals surface area (Å²) in [5, 5.41) is 7.29. The molecule has 0 aliphatic carbocycles. The second-order valence-electron chi connectivity index (χ2n) is 6.03. The van der Waals surface area contributed by atoms with Gasteiger partial charge in [0.2, 0.25) is 0 Å². The van der Waals surface area contributed by atoms with E-state index < -0.39 is 5.97 Å². The van der Waals surface area contributed by atoms with Gasteiger partial charge in [-0.15, -0.1) is 0 Å². The summed E-state index contributed by atoms with van der Waals surface area (Å²) in [5.41, 5.74) is 8.41. The van der Waals surface area contributed by atoms with E-state index in [2.05, 4.69) is 5.10 Å². The average Bonchev–Trinajstić information content (AvgIpc) is 2.93. The van der Waals surface area contributed by atoms with E-state index in [0.717, 1.165) is 5.56 Å². The Morgan fingerprint density at radius 1 is 1.23 bits per heavy atom. The first-order valence-electron chi connectivity index (χ1n) is 8.27. The second-order valence-corrected chi connectivity index (χ2v) is 6.87. The maximum Gasteiger partial charge on any atom is 0.355 e. The van der Waals surface area contributed by atoms with Gasteiger partial charge in [0.1, 0.15) is 0 Å². The fourth-order valence-corrected chi connectivity index (χ4v) is 3.59. The van der Waals surface area contributed by atoms with Crippen LogP contribution in [-0.2, 0) is 9.53 Å². The van der Waals surface area contributed by atoms with Crippen molar-refractivity contribution in [1.82, 2.24) is 0 Å². The Kier molecular flexibility index (Phi) is 5.39. The van der Waals surface area contributed by atoms with Gasteiger partial charge in [-0.25, -0.2) is 4.79 Å². The number of rotatable bonds is 4. The van der Waals surface area contributed by atoms with Crippen molar-refractivity contribution in [3.8, 4) is 0 Å². The van der Waals surface area contributed by atoms with E-state index in [1.54, 1.807) is 30.1 Å². The van der Waals surface area contributed by atoms with Crippen LogP contribution >= 0.6 is 23.2 Å². The van der Waals surface area contributed by atoms with Crippen LogP contribution in [0.3, 0.4) is 0 Å². The third kappa shape index (κ3) is 3.50. The Morgan fingerprint density at radius 3 is 2.54 bits per heavy atom. The highest BCUT2D eigenvalue weighted by atomic mass is 35.5. The third-order valence-electron chi connectivity index (χ3n) is 4.31. The normalized spacial score (nSPS) is 19.4. The van der Waals surface area contributed by atoms with Gasteiger partial charge in [0.15, 0.2) is 5.71 Å². The smallest absolute Gasteiger partial charge is 0.355 e. The van der Waals surface area contributed by atoms with Gasteiger partial charge in [-0.2, -0.15) is 5.10 Å². The molecule has 136 valence electrons. The fraction of sp³-hybridized carbons (Fsp3) is 0.263. The molecule has 0 saturated carbocycles. The van der Waals surface area contributed by atoms with Gasteiger partial charge in [0, 0.05) is 10.7 Å². The number of nitrogens with two attached hydrogens (primary N) is 1. The van der Waals surface area contributed by atoms with E-state index in [4.69, 9.17) is 33.7 Å². The molecule has 0 aromatic heterocycles. The lowest BCUT2D eigenvalue weighted by atomic mass is 9.88. The number of carbonyl (C=O) groups is 1. The number of carbonyl (C=O) groups excluding carboxylic acids is 1. The van der Waals surface area contributed by atoms with Crippen LogP contribution in [0.1, 0.15) is 25.3 Å². The van der Waals surface area contributed by atoms with Crippen LogP contribution in [0.4, 0.5) is 11.4 Å². The summed E-state index contributed by atoms with van der Waals surface area (Å²) in [6.07, 6.45) is 0. The molecule has 0 bridgehead atoms. The quantitative estimate of drug-likeness (QED) is 0.615. The Morgan fingerprint density at radius 2 is 1.92 bits per heavy atom. The van der Waals surface area contributed by atoms with Crippen LogP contribution in [0.5, 0.6) is 0 Å². The molecular formula is C19H19Cl2N3O2. The zero-order valence-electron chi connectivity index (χ0n) is 14.4. The number of hydrazone groups is 1. The SMILES string of the molecule is CCOC(=O)C1=NN(c2ccc(Cl)cc2Cl)C(C)C1c1ccc(N)cc1. The zero-order valence-corrected chi connectivity index (χ0v) is 16.0. The summed E-state index contributed by atoms with van der Waals surface area (Å²) >= 11 is 12.3.